The van der Waals surface area contributed by atoms with E-state index < -0.39 is 110 Å². The highest BCUT2D eigenvalue weighted by Gasteiger charge is 2.29. The van der Waals surface area contributed by atoms with E-state index in [-0.39, 0.29) is 29.6 Å². The number of nitrogens with one attached hydrogen (secondary N) is 5. The fourth-order valence-corrected chi connectivity index (χ4v) is 4.80. The number of anilines is 3. The molecule has 0 unspecified atom stereocenters. The molecule has 1 aliphatic heterocycles. The topological polar surface area (TPSA) is 353 Å². The van der Waals surface area contributed by atoms with Gasteiger partial charge in [-0.1, -0.05) is 0 Å². The number of carboxylic acids is 4. The molecule has 3 rings (SSSR count). The number of benzene rings is 1. The van der Waals surface area contributed by atoms with Gasteiger partial charge in [-0.05, 0) is 43.5 Å². The first-order chi connectivity index (χ1) is 24.6. The van der Waals surface area contributed by atoms with E-state index in [2.05, 4.69) is 36.2 Å². The third kappa shape index (κ3) is 11.3. The summed E-state index contributed by atoms with van der Waals surface area (Å²) >= 11 is 0. The zero-order chi connectivity index (χ0) is 38.5. The summed E-state index contributed by atoms with van der Waals surface area (Å²) in [5.41, 5.74) is 5.33. The van der Waals surface area contributed by atoms with Crippen molar-refractivity contribution in [3.63, 3.8) is 0 Å². The van der Waals surface area contributed by atoms with Crippen molar-refractivity contribution in [3.8, 4) is 0 Å². The maximum absolute atomic E-state index is 12.8. The number of rotatable bonds is 20. The molecular formula is C30H35N9O13. The number of nitrogens with zero attached hydrogens (tertiary/aromatic N) is 3. The summed E-state index contributed by atoms with van der Waals surface area (Å²) in [4.78, 5) is 118. The van der Waals surface area contributed by atoms with Crippen molar-refractivity contribution < 1.29 is 58.8 Å². The first kappa shape index (κ1) is 39.6. The van der Waals surface area contributed by atoms with Crippen molar-refractivity contribution in [1.29, 1.82) is 0 Å². The fraction of sp³-hybridized carbons (Fsp3) is 0.367. The molecule has 1 aliphatic rings. The van der Waals surface area contributed by atoms with Gasteiger partial charge in [0, 0.05) is 43.3 Å². The maximum Gasteiger partial charge on any atom is 0.326 e. The van der Waals surface area contributed by atoms with Gasteiger partial charge in [0.2, 0.25) is 24.2 Å². The van der Waals surface area contributed by atoms with Crippen LogP contribution in [0.2, 0.25) is 0 Å². The van der Waals surface area contributed by atoms with Crippen molar-refractivity contribution in [3.05, 3.63) is 40.2 Å². The summed E-state index contributed by atoms with van der Waals surface area (Å²) < 4.78 is 0. The Labute approximate surface area is 292 Å². The van der Waals surface area contributed by atoms with Gasteiger partial charge in [-0.3, -0.25) is 38.7 Å². The highest BCUT2D eigenvalue weighted by atomic mass is 16.4. The van der Waals surface area contributed by atoms with E-state index in [1.54, 1.807) is 0 Å². The first-order valence-electron chi connectivity index (χ1n) is 15.4. The van der Waals surface area contributed by atoms with E-state index >= 15 is 0 Å². The molecule has 0 aliphatic carbocycles. The maximum atomic E-state index is 12.8. The van der Waals surface area contributed by atoms with Gasteiger partial charge < -0.3 is 47.4 Å². The van der Waals surface area contributed by atoms with Gasteiger partial charge in [0.05, 0.1) is 6.04 Å². The summed E-state index contributed by atoms with van der Waals surface area (Å²) in [5, 5.41) is 46.5. The predicted molar refractivity (Wildman–Crippen MR) is 178 cm³/mol. The summed E-state index contributed by atoms with van der Waals surface area (Å²) in [6.07, 6.45) is -1.07. The van der Waals surface area contributed by atoms with E-state index in [4.69, 9.17) is 15.9 Å². The van der Waals surface area contributed by atoms with Gasteiger partial charge >= 0.3 is 23.9 Å². The van der Waals surface area contributed by atoms with Gasteiger partial charge in [0.25, 0.3) is 11.5 Å². The number of hydrogen-bond acceptors (Lipinski definition) is 13. The van der Waals surface area contributed by atoms with Gasteiger partial charge in [-0.15, -0.1) is 0 Å². The lowest BCUT2D eigenvalue weighted by Gasteiger charge is -2.28. The monoisotopic (exact) mass is 729 g/mol. The number of aliphatic carboxylic acids is 4. The van der Waals surface area contributed by atoms with Crippen LogP contribution in [0.15, 0.2) is 34.1 Å². The van der Waals surface area contributed by atoms with Crippen molar-refractivity contribution in [2.75, 3.05) is 22.5 Å². The van der Waals surface area contributed by atoms with E-state index in [1.165, 1.54) is 30.5 Å². The minimum Gasteiger partial charge on any atom is -0.481 e. The number of carbonyl (C=O) groups is 8. The Morgan fingerprint density at radius 2 is 1.35 bits per heavy atom. The molecule has 2 heterocycles. The standard InChI is InChI=1S/C30H35N9O13/c31-30-37-24-23(26(46)38-30)39(13-40)16(12-33-24)11-32-15-3-1-14(2-4-15)25(45)36-19(29(51)52)6-9-21(42)34-17(27(47)48)5-8-20(41)35-18(28(49)50)7-10-22(43)44/h1-4,12-13,16-19,32H,5-11H2,(H,34,42)(H,35,41)(H,36,45)(H,43,44)(H,47,48)(H,49,50)(H,51,52)(H3,31,37,38,46)/t16-,17-,18-,19-/m0/s1. The molecule has 278 valence electrons. The molecule has 0 saturated heterocycles. The summed E-state index contributed by atoms with van der Waals surface area (Å²) in [6, 6.07) is 0.373. The quantitative estimate of drug-likeness (QED) is 0.0676. The van der Waals surface area contributed by atoms with Crippen LogP contribution in [-0.2, 0) is 33.6 Å². The number of H-pyrrole nitrogens is 1. The van der Waals surface area contributed by atoms with Crippen LogP contribution in [0.4, 0.5) is 23.1 Å². The lowest BCUT2D eigenvalue weighted by Crippen LogP contribution is -2.45. The molecule has 0 fully saturated rings. The second-order valence-corrected chi connectivity index (χ2v) is 11.2. The van der Waals surface area contributed by atoms with Crippen molar-refractivity contribution in [2.24, 2.45) is 4.99 Å². The molecule has 11 N–H and O–H groups in total. The van der Waals surface area contributed by atoms with Gasteiger partial charge in [0.15, 0.2) is 11.5 Å². The normalized spacial score (nSPS) is 14.8. The Balaban J connectivity index is 1.50. The van der Waals surface area contributed by atoms with Crippen LogP contribution in [0.25, 0.3) is 0 Å². The van der Waals surface area contributed by atoms with Crippen molar-refractivity contribution >= 4 is 77.4 Å². The molecule has 22 nitrogen and oxygen atoms in total. The van der Waals surface area contributed by atoms with Crippen LogP contribution in [-0.4, -0.2) is 115 Å². The summed E-state index contributed by atoms with van der Waals surface area (Å²) in [5.74, 6) is -8.56. The molecular weight excluding hydrogens is 694 g/mol. The van der Waals surface area contributed by atoms with E-state index in [0.29, 0.717) is 12.1 Å². The average Bonchev–Trinajstić information content (AvgIpc) is 3.08. The number of aromatic nitrogens is 2. The number of hydrogen-bond donors (Lipinski definition) is 10. The molecule has 4 amide bonds. The SMILES string of the molecule is Nc1nc2c(c(=O)[nH]1)N(C=O)[C@@H](CNc1ccc(C(=O)N[C@@H](CCC(=O)N[C@@H](CCC(=O)N[C@@H](CCC(=O)O)C(=O)O)C(=O)O)C(=O)O)cc1)C=N2. The average molecular weight is 730 g/mol. The number of carboxylic acid groups (broad SMARTS) is 4. The fourth-order valence-electron chi connectivity index (χ4n) is 4.80. The second-order valence-electron chi connectivity index (χ2n) is 11.2. The molecule has 1 aromatic carbocycles. The Bertz CT molecular complexity index is 1800. The number of aromatic amines is 1. The molecule has 52 heavy (non-hydrogen) atoms. The third-order valence-corrected chi connectivity index (χ3v) is 7.49. The Morgan fingerprint density at radius 3 is 1.85 bits per heavy atom. The number of aliphatic imine (C=N–C) groups is 1. The van der Waals surface area contributed by atoms with E-state index in [1.807, 2.05) is 0 Å². The molecule has 0 saturated carbocycles. The highest BCUT2D eigenvalue weighted by Crippen LogP contribution is 2.27. The second kappa shape index (κ2) is 18.2. The van der Waals surface area contributed by atoms with Crippen molar-refractivity contribution in [2.45, 2.75) is 62.7 Å². The van der Waals surface area contributed by atoms with Crippen LogP contribution in [0.1, 0.15) is 48.9 Å². The molecule has 22 heteroatoms. The predicted octanol–water partition coefficient (Wildman–Crippen LogP) is -1.74. The van der Waals surface area contributed by atoms with Crippen LogP contribution in [0.3, 0.4) is 0 Å². The lowest BCUT2D eigenvalue weighted by atomic mass is 10.1. The minimum absolute atomic E-state index is 0.0199. The van der Waals surface area contributed by atoms with Gasteiger partial charge in [0.1, 0.15) is 18.1 Å². The number of nitrogen functional groups attached to an aromatic ring is 1. The smallest absolute Gasteiger partial charge is 0.326 e. The first-order valence-corrected chi connectivity index (χ1v) is 15.4. The minimum atomic E-state index is -1.60. The largest absolute Gasteiger partial charge is 0.481 e. The number of carbonyl (C=O) groups excluding carboxylic acids is 4. The van der Waals surface area contributed by atoms with Crippen LogP contribution < -0.4 is 37.5 Å². The zero-order valence-corrected chi connectivity index (χ0v) is 27.1. The molecule has 0 bridgehead atoms. The number of fused-ring (bicyclic) bond motifs is 1. The number of amides is 4. The lowest BCUT2D eigenvalue weighted by molar-refractivity contribution is -0.144. The zero-order valence-electron chi connectivity index (χ0n) is 27.1. The van der Waals surface area contributed by atoms with Crippen LogP contribution >= 0.6 is 0 Å². The number of nitrogens with two attached hydrogens (primary N) is 1. The Kier molecular flexibility index (Phi) is 13.9. The van der Waals surface area contributed by atoms with Crippen LogP contribution in [0, 0.1) is 0 Å². The van der Waals surface area contributed by atoms with E-state index in [9.17, 15) is 53.4 Å². The van der Waals surface area contributed by atoms with Crippen molar-refractivity contribution in [1.82, 2.24) is 25.9 Å². The van der Waals surface area contributed by atoms with Gasteiger partial charge in [-0.2, -0.15) is 4.98 Å². The van der Waals surface area contributed by atoms with E-state index in [0.717, 1.165) is 4.90 Å². The molecule has 0 spiro atoms. The molecule has 0 radical (unpaired) electrons. The third-order valence-electron chi connectivity index (χ3n) is 7.49. The summed E-state index contributed by atoms with van der Waals surface area (Å²) in [6.45, 7) is 0.0932. The highest BCUT2D eigenvalue weighted by molar-refractivity contribution is 5.97. The molecule has 2 aromatic rings. The molecule has 1 aromatic heterocycles. The Morgan fingerprint density at radius 1 is 0.827 bits per heavy atom. The van der Waals surface area contributed by atoms with Crippen LogP contribution in [0.5, 0.6) is 0 Å². The Hall–Kier alpha value is -6.87. The molecule has 4 atom stereocenters. The summed E-state index contributed by atoms with van der Waals surface area (Å²) in [7, 11) is 0. The van der Waals surface area contributed by atoms with Gasteiger partial charge in [-0.25, -0.2) is 19.4 Å².